The number of hydrogen-bond acceptors (Lipinski definition) is 7. The standard InChI is InChI=1S/C16H14N2O4S/c1-10(19)11-3-4-13(14(7-11)20-2)21-8-15-17-16(22-18-15)12-5-6-23-9-12/h3-7,9H,8H2,1-2H3. The molecule has 0 aliphatic heterocycles. The monoisotopic (exact) mass is 330 g/mol. The van der Waals surface area contributed by atoms with Crippen molar-refractivity contribution in [1.29, 1.82) is 0 Å². The van der Waals surface area contributed by atoms with Crippen molar-refractivity contribution in [1.82, 2.24) is 10.1 Å². The summed E-state index contributed by atoms with van der Waals surface area (Å²) in [5.41, 5.74) is 1.45. The molecule has 0 saturated heterocycles. The Hall–Kier alpha value is -2.67. The van der Waals surface area contributed by atoms with Gasteiger partial charge in [0, 0.05) is 10.9 Å². The zero-order valence-corrected chi connectivity index (χ0v) is 13.4. The first-order valence-corrected chi connectivity index (χ1v) is 7.78. The molecule has 0 amide bonds. The zero-order chi connectivity index (χ0) is 16.2. The minimum absolute atomic E-state index is 0.0339. The fourth-order valence-corrected chi connectivity index (χ4v) is 2.59. The van der Waals surface area contributed by atoms with Crippen LogP contribution < -0.4 is 9.47 Å². The number of Topliss-reactive ketones (excluding diaryl/α,β-unsaturated/α-hetero) is 1. The molecule has 0 radical (unpaired) electrons. The van der Waals surface area contributed by atoms with Crippen LogP contribution in [0.1, 0.15) is 23.1 Å². The molecule has 0 fully saturated rings. The maximum Gasteiger partial charge on any atom is 0.258 e. The second kappa shape index (κ2) is 6.62. The van der Waals surface area contributed by atoms with Crippen LogP contribution in [0.3, 0.4) is 0 Å². The topological polar surface area (TPSA) is 74.5 Å². The number of ketones is 1. The van der Waals surface area contributed by atoms with Crippen molar-refractivity contribution in [2.45, 2.75) is 13.5 Å². The molecule has 0 spiro atoms. The maximum absolute atomic E-state index is 11.4. The minimum atomic E-state index is -0.0339. The average Bonchev–Trinajstić information content (AvgIpc) is 3.23. The summed E-state index contributed by atoms with van der Waals surface area (Å²) in [6.45, 7) is 1.64. The number of nitrogens with zero attached hydrogens (tertiary/aromatic N) is 2. The van der Waals surface area contributed by atoms with Gasteiger partial charge in [0.2, 0.25) is 5.82 Å². The molecule has 0 N–H and O–H groups in total. The summed E-state index contributed by atoms with van der Waals surface area (Å²) in [6.07, 6.45) is 0. The third kappa shape index (κ3) is 3.40. The molecule has 2 aromatic heterocycles. The van der Waals surface area contributed by atoms with E-state index in [9.17, 15) is 4.79 Å². The number of carbonyl (C=O) groups excluding carboxylic acids is 1. The van der Waals surface area contributed by atoms with E-state index in [1.54, 1.807) is 29.5 Å². The first-order chi connectivity index (χ1) is 11.2. The third-order valence-electron chi connectivity index (χ3n) is 3.16. The van der Waals surface area contributed by atoms with Gasteiger partial charge in [-0.25, -0.2) is 0 Å². The van der Waals surface area contributed by atoms with Gasteiger partial charge in [-0.2, -0.15) is 16.3 Å². The number of aromatic nitrogens is 2. The Labute approximate surface area is 136 Å². The zero-order valence-electron chi connectivity index (χ0n) is 12.6. The molecule has 0 bridgehead atoms. The van der Waals surface area contributed by atoms with E-state index in [0.29, 0.717) is 28.8 Å². The van der Waals surface area contributed by atoms with Crippen LogP contribution in [0, 0.1) is 0 Å². The first-order valence-electron chi connectivity index (χ1n) is 6.84. The molecule has 0 unspecified atom stereocenters. The molecular weight excluding hydrogens is 316 g/mol. The molecule has 0 aliphatic rings. The van der Waals surface area contributed by atoms with Gasteiger partial charge in [0.15, 0.2) is 23.9 Å². The Bertz CT molecular complexity index is 811. The van der Waals surface area contributed by atoms with Crippen LogP contribution in [-0.2, 0) is 6.61 Å². The SMILES string of the molecule is COc1cc(C(C)=O)ccc1OCc1noc(-c2ccsc2)n1. The largest absolute Gasteiger partial charge is 0.493 e. The lowest BCUT2D eigenvalue weighted by atomic mass is 10.1. The van der Waals surface area contributed by atoms with Gasteiger partial charge >= 0.3 is 0 Å². The quantitative estimate of drug-likeness (QED) is 0.643. The van der Waals surface area contributed by atoms with Crippen LogP contribution in [0.2, 0.25) is 0 Å². The van der Waals surface area contributed by atoms with Gasteiger partial charge < -0.3 is 14.0 Å². The number of rotatable bonds is 6. The average molecular weight is 330 g/mol. The molecule has 3 rings (SSSR count). The number of benzene rings is 1. The van der Waals surface area contributed by atoms with Crippen LogP contribution in [0.5, 0.6) is 11.5 Å². The summed E-state index contributed by atoms with van der Waals surface area (Å²) < 4.78 is 16.1. The van der Waals surface area contributed by atoms with Crippen molar-refractivity contribution < 1.29 is 18.8 Å². The Balaban J connectivity index is 1.72. The molecule has 118 valence electrons. The van der Waals surface area contributed by atoms with E-state index in [1.807, 2.05) is 16.8 Å². The number of ether oxygens (including phenoxy) is 2. The molecule has 2 heterocycles. The van der Waals surface area contributed by atoms with E-state index in [2.05, 4.69) is 10.1 Å². The van der Waals surface area contributed by atoms with Gasteiger partial charge in [-0.05, 0) is 36.6 Å². The van der Waals surface area contributed by atoms with E-state index in [-0.39, 0.29) is 12.4 Å². The summed E-state index contributed by atoms with van der Waals surface area (Å²) in [6, 6.07) is 6.93. The van der Waals surface area contributed by atoms with Gasteiger partial charge in [0.1, 0.15) is 0 Å². The highest BCUT2D eigenvalue weighted by atomic mass is 32.1. The maximum atomic E-state index is 11.4. The fourth-order valence-electron chi connectivity index (χ4n) is 1.96. The molecule has 0 aliphatic carbocycles. The Morgan fingerprint density at radius 3 is 2.87 bits per heavy atom. The lowest BCUT2D eigenvalue weighted by molar-refractivity contribution is 0.101. The highest BCUT2D eigenvalue weighted by molar-refractivity contribution is 7.08. The normalized spacial score (nSPS) is 10.5. The third-order valence-corrected chi connectivity index (χ3v) is 3.85. The Morgan fingerprint density at radius 2 is 2.17 bits per heavy atom. The fraction of sp³-hybridized carbons (Fsp3) is 0.188. The molecule has 0 saturated carbocycles. The molecule has 6 nitrogen and oxygen atoms in total. The summed E-state index contributed by atoms with van der Waals surface area (Å²) in [5.74, 6) is 1.86. The van der Waals surface area contributed by atoms with Crippen molar-refractivity contribution >= 4 is 17.1 Å². The van der Waals surface area contributed by atoms with Crippen LogP contribution in [-0.4, -0.2) is 23.0 Å². The second-order valence-electron chi connectivity index (χ2n) is 4.74. The van der Waals surface area contributed by atoms with Crippen LogP contribution in [0.15, 0.2) is 39.5 Å². The van der Waals surface area contributed by atoms with Gasteiger partial charge in [0.25, 0.3) is 5.89 Å². The highest BCUT2D eigenvalue weighted by Crippen LogP contribution is 2.29. The predicted molar refractivity (Wildman–Crippen MR) is 84.9 cm³/mol. The Kier molecular flexibility index (Phi) is 4.38. The van der Waals surface area contributed by atoms with Gasteiger partial charge in [0.05, 0.1) is 12.7 Å². The van der Waals surface area contributed by atoms with Gasteiger partial charge in [-0.1, -0.05) is 5.16 Å². The van der Waals surface area contributed by atoms with E-state index in [4.69, 9.17) is 14.0 Å². The highest BCUT2D eigenvalue weighted by Gasteiger charge is 2.12. The number of carbonyl (C=O) groups is 1. The molecular formula is C16H14N2O4S. The predicted octanol–water partition coefficient (Wildman–Crippen LogP) is 3.59. The Morgan fingerprint density at radius 1 is 1.30 bits per heavy atom. The van der Waals surface area contributed by atoms with Crippen molar-refractivity contribution in [2.75, 3.05) is 7.11 Å². The van der Waals surface area contributed by atoms with E-state index < -0.39 is 0 Å². The van der Waals surface area contributed by atoms with Crippen molar-refractivity contribution in [3.05, 3.63) is 46.4 Å². The first kappa shape index (κ1) is 15.2. The summed E-state index contributed by atoms with van der Waals surface area (Å²) >= 11 is 1.56. The summed E-state index contributed by atoms with van der Waals surface area (Å²) in [4.78, 5) is 15.7. The summed E-state index contributed by atoms with van der Waals surface area (Å²) in [7, 11) is 1.52. The number of methoxy groups -OCH3 is 1. The lowest BCUT2D eigenvalue weighted by Crippen LogP contribution is -2.01. The molecule has 3 aromatic rings. The molecule has 1 aromatic carbocycles. The smallest absolute Gasteiger partial charge is 0.258 e. The second-order valence-corrected chi connectivity index (χ2v) is 5.52. The molecule has 0 atom stereocenters. The lowest BCUT2D eigenvalue weighted by Gasteiger charge is -2.10. The molecule has 7 heteroatoms. The van der Waals surface area contributed by atoms with E-state index in [0.717, 1.165) is 5.56 Å². The van der Waals surface area contributed by atoms with Gasteiger partial charge in [-0.15, -0.1) is 0 Å². The summed E-state index contributed by atoms with van der Waals surface area (Å²) in [5, 5.41) is 7.76. The number of thiophene rings is 1. The van der Waals surface area contributed by atoms with E-state index >= 15 is 0 Å². The van der Waals surface area contributed by atoms with Gasteiger partial charge in [-0.3, -0.25) is 4.79 Å². The van der Waals surface area contributed by atoms with Crippen LogP contribution in [0.25, 0.3) is 11.5 Å². The number of hydrogen-bond donors (Lipinski definition) is 0. The van der Waals surface area contributed by atoms with E-state index in [1.165, 1.54) is 14.0 Å². The minimum Gasteiger partial charge on any atom is -0.493 e. The van der Waals surface area contributed by atoms with Crippen molar-refractivity contribution in [3.63, 3.8) is 0 Å². The van der Waals surface area contributed by atoms with Crippen LogP contribution >= 0.6 is 11.3 Å². The molecule has 23 heavy (non-hydrogen) atoms. The van der Waals surface area contributed by atoms with Crippen LogP contribution in [0.4, 0.5) is 0 Å². The van der Waals surface area contributed by atoms with Crippen molar-refractivity contribution in [2.24, 2.45) is 0 Å². The van der Waals surface area contributed by atoms with Crippen molar-refractivity contribution in [3.8, 4) is 23.0 Å².